The lowest BCUT2D eigenvalue weighted by atomic mass is 10.4. The molecule has 0 aliphatic carbocycles. The van der Waals surface area contributed by atoms with Crippen LogP contribution in [-0.4, -0.2) is 26.2 Å². The fourth-order valence-electron chi connectivity index (χ4n) is 0.852. The van der Waals surface area contributed by atoms with E-state index >= 15 is 0 Å². The predicted molar refractivity (Wildman–Crippen MR) is 46.2 cm³/mol. The second-order valence-corrected chi connectivity index (χ2v) is 3.95. The van der Waals surface area contributed by atoms with Gasteiger partial charge in [-0.1, -0.05) is 5.16 Å². The van der Waals surface area contributed by atoms with Crippen molar-refractivity contribution in [2.45, 2.75) is 12.7 Å². The summed E-state index contributed by atoms with van der Waals surface area (Å²) >= 11 is 0. The number of hydrogen-bond donors (Lipinski definition) is 0. The van der Waals surface area contributed by atoms with Gasteiger partial charge in [0.1, 0.15) is 5.75 Å². The van der Waals surface area contributed by atoms with Crippen LogP contribution in [0.1, 0.15) is 23.2 Å². The van der Waals surface area contributed by atoms with Gasteiger partial charge in [-0.15, -0.1) is 3.89 Å². The lowest BCUT2D eigenvalue weighted by Gasteiger charge is -1.94. The number of rotatable bonds is 4. The molecule has 0 amide bonds. The molecule has 0 spiro atoms. The Balaban J connectivity index is 2.77. The molecule has 84 valence electrons. The number of aromatic nitrogens is 1. The minimum Gasteiger partial charge on any atom is -0.461 e. The predicted octanol–water partition coefficient (Wildman–Crippen LogP) is 0.651. The largest absolute Gasteiger partial charge is 0.461 e. The molecule has 1 aromatic heterocycles. The number of carbonyl (C=O) groups excluding carboxylic acids is 1. The molecule has 0 aromatic carbocycles. The molecule has 0 bridgehead atoms. The summed E-state index contributed by atoms with van der Waals surface area (Å²) in [6.07, 6.45) is 0. The molecule has 6 nitrogen and oxygen atoms in total. The van der Waals surface area contributed by atoms with Gasteiger partial charge in [0.05, 0.1) is 6.61 Å². The molecular weight excluding hydrogens is 229 g/mol. The molecule has 0 aliphatic rings. The highest BCUT2D eigenvalue weighted by molar-refractivity contribution is 7.85. The summed E-state index contributed by atoms with van der Waals surface area (Å²) in [6.45, 7) is 1.76. The fourth-order valence-corrected chi connectivity index (χ4v) is 1.33. The molecule has 1 aromatic rings. The molecule has 15 heavy (non-hydrogen) atoms. The summed E-state index contributed by atoms with van der Waals surface area (Å²) < 4.78 is 41.7. The van der Waals surface area contributed by atoms with Crippen molar-refractivity contribution in [2.75, 3.05) is 6.61 Å². The molecule has 0 aliphatic heterocycles. The first-order valence-electron chi connectivity index (χ1n) is 3.97. The monoisotopic (exact) mass is 237 g/mol. The van der Waals surface area contributed by atoms with Gasteiger partial charge in [-0.3, -0.25) is 0 Å². The number of hydrogen-bond acceptors (Lipinski definition) is 6. The lowest BCUT2D eigenvalue weighted by molar-refractivity contribution is 0.0514. The molecule has 0 N–H and O–H groups in total. The Bertz CT molecular complexity index is 452. The van der Waals surface area contributed by atoms with Crippen molar-refractivity contribution in [2.24, 2.45) is 0 Å². The van der Waals surface area contributed by atoms with Gasteiger partial charge in [0.2, 0.25) is 0 Å². The fraction of sp³-hybridized carbons (Fsp3) is 0.429. The van der Waals surface area contributed by atoms with Crippen LogP contribution < -0.4 is 0 Å². The van der Waals surface area contributed by atoms with Crippen LogP contribution in [0.4, 0.5) is 3.89 Å². The second kappa shape index (κ2) is 4.39. The van der Waals surface area contributed by atoms with E-state index < -0.39 is 21.9 Å². The van der Waals surface area contributed by atoms with Gasteiger partial charge in [0, 0.05) is 6.07 Å². The van der Waals surface area contributed by atoms with E-state index in [9.17, 15) is 17.1 Å². The smallest absolute Gasteiger partial charge is 0.360 e. The van der Waals surface area contributed by atoms with Crippen molar-refractivity contribution in [3.8, 4) is 0 Å². The zero-order chi connectivity index (χ0) is 11.5. The highest BCUT2D eigenvalue weighted by Gasteiger charge is 2.17. The zero-order valence-corrected chi connectivity index (χ0v) is 8.58. The average Bonchev–Trinajstić information content (AvgIpc) is 2.50. The maximum absolute atomic E-state index is 12.2. The first-order chi connectivity index (χ1) is 6.92. The van der Waals surface area contributed by atoms with Crippen molar-refractivity contribution >= 4 is 16.2 Å². The Morgan fingerprint density at radius 1 is 1.67 bits per heavy atom. The van der Waals surface area contributed by atoms with E-state index in [4.69, 9.17) is 0 Å². The second-order valence-electron chi connectivity index (χ2n) is 2.58. The molecular formula is C7H8FNO5S. The van der Waals surface area contributed by atoms with E-state index in [-0.39, 0.29) is 18.1 Å². The molecule has 0 atom stereocenters. The molecule has 1 rings (SSSR count). The summed E-state index contributed by atoms with van der Waals surface area (Å²) in [5, 5.41) is 3.24. The molecule has 8 heteroatoms. The summed E-state index contributed by atoms with van der Waals surface area (Å²) in [4.78, 5) is 11.0. The summed E-state index contributed by atoms with van der Waals surface area (Å²) in [5.41, 5.74) is -0.185. The molecule has 0 fully saturated rings. The molecule has 0 radical (unpaired) electrons. The van der Waals surface area contributed by atoms with E-state index in [0.29, 0.717) is 0 Å². The van der Waals surface area contributed by atoms with Gasteiger partial charge in [0.15, 0.2) is 11.5 Å². The summed E-state index contributed by atoms with van der Waals surface area (Å²) in [7, 11) is -4.69. The van der Waals surface area contributed by atoms with E-state index in [0.717, 1.165) is 6.07 Å². The Labute approximate surface area is 85.2 Å². The first-order valence-corrected chi connectivity index (χ1v) is 5.52. The van der Waals surface area contributed by atoms with Crippen LogP contribution in [0.3, 0.4) is 0 Å². The van der Waals surface area contributed by atoms with Crippen LogP contribution in [0.25, 0.3) is 0 Å². The number of esters is 1. The Kier molecular flexibility index (Phi) is 3.40. The van der Waals surface area contributed by atoms with E-state index in [2.05, 4.69) is 14.4 Å². The minimum atomic E-state index is -4.69. The van der Waals surface area contributed by atoms with Crippen molar-refractivity contribution in [3.05, 3.63) is 17.5 Å². The quantitative estimate of drug-likeness (QED) is 0.564. The van der Waals surface area contributed by atoms with E-state index in [1.54, 1.807) is 6.92 Å². The Morgan fingerprint density at radius 3 is 2.87 bits per heavy atom. The van der Waals surface area contributed by atoms with Crippen LogP contribution in [-0.2, 0) is 20.7 Å². The molecule has 0 saturated carbocycles. The third-order valence-electron chi connectivity index (χ3n) is 1.36. The maximum atomic E-state index is 12.2. The van der Waals surface area contributed by atoms with Gasteiger partial charge in [-0.2, -0.15) is 8.42 Å². The molecule has 0 unspecified atom stereocenters. The van der Waals surface area contributed by atoms with Gasteiger partial charge in [-0.25, -0.2) is 4.79 Å². The normalized spacial score (nSPS) is 11.3. The van der Waals surface area contributed by atoms with Gasteiger partial charge < -0.3 is 9.26 Å². The minimum absolute atomic E-state index is 0.155. The number of nitrogens with zero attached hydrogens (tertiary/aromatic N) is 1. The van der Waals surface area contributed by atoms with Crippen molar-refractivity contribution in [1.29, 1.82) is 0 Å². The van der Waals surface area contributed by atoms with Crippen LogP contribution in [0.2, 0.25) is 0 Å². The number of halogens is 1. The average molecular weight is 237 g/mol. The molecule has 1 heterocycles. The van der Waals surface area contributed by atoms with Crippen LogP contribution >= 0.6 is 0 Å². The SMILES string of the molecule is CCOC(=O)c1cc(CS(=O)(=O)F)on1. The van der Waals surface area contributed by atoms with E-state index in [1.807, 2.05) is 0 Å². The standard InChI is InChI=1S/C7H8FNO5S/c1-2-13-7(10)6-3-5(14-9-6)4-15(8,11)12/h3H,2,4H2,1H3. The lowest BCUT2D eigenvalue weighted by Crippen LogP contribution is -2.04. The zero-order valence-electron chi connectivity index (χ0n) is 7.77. The van der Waals surface area contributed by atoms with Crippen molar-refractivity contribution in [1.82, 2.24) is 5.16 Å². The third-order valence-corrected chi connectivity index (χ3v) is 1.99. The van der Waals surface area contributed by atoms with Gasteiger partial charge in [0.25, 0.3) is 0 Å². The van der Waals surface area contributed by atoms with Gasteiger partial charge >= 0.3 is 16.2 Å². The van der Waals surface area contributed by atoms with Crippen molar-refractivity contribution in [3.63, 3.8) is 0 Å². The summed E-state index contributed by atoms with van der Waals surface area (Å²) in [6, 6.07) is 1.02. The van der Waals surface area contributed by atoms with E-state index in [1.165, 1.54) is 0 Å². The third kappa shape index (κ3) is 3.66. The number of carbonyl (C=O) groups is 1. The van der Waals surface area contributed by atoms with Crippen LogP contribution in [0.5, 0.6) is 0 Å². The van der Waals surface area contributed by atoms with Gasteiger partial charge in [-0.05, 0) is 6.92 Å². The Hall–Kier alpha value is -1.44. The number of ether oxygens (including phenoxy) is 1. The highest BCUT2D eigenvalue weighted by atomic mass is 32.3. The maximum Gasteiger partial charge on any atom is 0.360 e. The summed E-state index contributed by atoms with van der Waals surface area (Å²) in [5.74, 6) is -1.94. The molecule has 0 saturated heterocycles. The highest BCUT2D eigenvalue weighted by Crippen LogP contribution is 2.10. The van der Waals surface area contributed by atoms with Crippen LogP contribution in [0, 0.1) is 0 Å². The topological polar surface area (TPSA) is 86.5 Å². The Morgan fingerprint density at radius 2 is 2.33 bits per heavy atom. The van der Waals surface area contributed by atoms with Crippen molar-refractivity contribution < 1.29 is 26.4 Å². The van der Waals surface area contributed by atoms with Crippen LogP contribution in [0.15, 0.2) is 10.6 Å². The first kappa shape index (κ1) is 11.6.